The van der Waals surface area contributed by atoms with Crippen LogP contribution in [0, 0.1) is 11.3 Å². The fraction of sp³-hybridized carbons (Fsp3) is 0.867. The normalized spacial score (nSPS) is 41.0. The molecule has 5 atom stereocenters. The number of ether oxygens (including phenoxy) is 4. The Balaban J connectivity index is 1.73. The molecule has 1 saturated carbocycles. The smallest absolute Gasteiger partial charge is 0.311 e. The van der Waals surface area contributed by atoms with Crippen LogP contribution in [0.15, 0.2) is 0 Å². The first-order valence-corrected chi connectivity index (χ1v) is 7.33. The van der Waals surface area contributed by atoms with E-state index in [0.29, 0.717) is 0 Å². The van der Waals surface area contributed by atoms with Crippen molar-refractivity contribution >= 4 is 11.8 Å². The van der Waals surface area contributed by atoms with Gasteiger partial charge in [-0.25, -0.2) is 0 Å². The van der Waals surface area contributed by atoms with E-state index < -0.39 is 41.7 Å². The number of Topliss-reactive ketones (excluding diaryl/α,β-unsaturated/α-hetero) is 1. The van der Waals surface area contributed by atoms with E-state index >= 15 is 0 Å². The predicted octanol–water partition coefficient (Wildman–Crippen LogP) is 1.41. The van der Waals surface area contributed by atoms with Gasteiger partial charge in [0, 0.05) is 6.42 Å². The Morgan fingerprint density at radius 2 is 1.90 bits per heavy atom. The zero-order valence-electron chi connectivity index (χ0n) is 13.0. The molecule has 0 aromatic rings. The first-order valence-electron chi connectivity index (χ1n) is 7.33. The Bertz CT molecular complexity index is 477. The van der Waals surface area contributed by atoms with Crippen molar-refractivity contribution in [1.29, 1.82) is 0 Å². The Morgan fingerprint density at radius 3 is 2.52 bits per heavy atom. The molecule has 3 rings (SSSR count). The molecule has 0 bridgehead atoms. The van der Waals surface area contributed by atoms with Crippen molar-refractivity contribution in [3.8, 4) is 0 Å². The first-order chi connectivity index (χ1) is 9.58. The molecule has 0 aromatic heterocycles. The molecular formula is C15H22O6. The minimum Gasteiger partial charge on any atom is -0.459 e. The lowest BCUT2D eigenvalue weighted by Gasteiger charge is -2.25. The highest BCUT2D eigenvalue weighted by atomic mass is 16.8. The second-order valence-corrected chi connectivity index (χ2v) is 7.46. The number of fused-ring (bicyclic) bond motifs is 3. The number of ketones is 1. The summed E-state index contributed by atoms with van der Waals surface area (Å²) in [6.45, 7) is 8.92. The van der Waals surface area contributed by atoms with E-state index in [2.05, 4.69) is 0 Å². The van der Waals surface area contributed by atoms with Crippen LogP contribution >= 0.6 is 0 Å². The van der Waals surface area contributed by atoms with Crippen LogP contribution in [0.1, 0.15) is 41.0 Å². The molecule has 1 aliphatic carbocycles. The van der Waals surface area contributed by atoms with E-state index in [1.807, 2.05) is 0 Å². The van der Waals surface area contributed by atoms with E-state index in [-0.39, 0.29) is 18.2 Å². The molecule has 6 heteroatoms. The molecule has 0 aromatic carbocycles. The summed E-state index contributed by atoms with van der Waals surface area (Å²) >= 11 is 0. The van der Waals surface area contributed by atoms with Gasteiger partial charge in [0.1, 0.15) is 24.1 Å². The maximum atomic E-state index is 12.2. The SMILES string of the molecule is CC1(C)O[C@H]2O[C@H]3[C@H](C(=O)C[C@H]3OC(=O)C(C)(C)C)[C@H]2O1. The van der Waals surface area contributed by atoms with Gasteiger partial charge in [0.15, 0.2) is 12.1 Å². The predicted molar refractivity (Wildman–Crippen MR) is 71.1 cm³/mol. The summed E-state index contributed by atoms with van der Waals surface area (Å²) < 4.78 is 22.7. The number of carbonyl (C=O) groups is 2. The minimum absolute atomic E-state index is 0.0144. The van der Waals surface area contributed by atoms with Crippen LogP contribution in [0.3, 0.4) is 0 Å². The molecule has 0 amide bonds. The zero-order valence-corrected chi connectivity index (χ0v) is 13.0. The monoisotopic (exact) mass is 298 g/mol. The van der Waals surface area contributed by atoms with Gasteiger partial charge < -0.3 is 18.9 Å². The lowest BCUT2D eigenvalue weighted by Crippen LogP contribution is -2.36. The van der Waals surface area contributed by atoms with Gasteiger partial charge in [-0.05, 0) is 34.6 Å². The fourth-order valence-corrected chi connectivity index (χ4v) is 3.09. The molecule has 2 aliphatic heterocycles. The van der Waals surface area contributed by atoms with Gasteiger partial charge in [0.25, 0.3) is 0 Å². The number of esters is 1. The maximum Gasteiger partial charge on any atom is 0.311 e. The van der Waals surface area contributed by atoms with Crippen molar-refractivity contribution in [3.05, 3.63) is 0 Å². The summed E-state index contributed by atoms with van der Waals surface area (Å²) in [5.74, 6) is -1.47. The molecule has 21 heavy (non-hydrogen) atoms. The Hall–Kier alpha value is -0.980. The number of hydrogen-bond donors (Lipinski definition) is 0. The molecule has 3 fully saturated rings. The summed E-state index contributed by atoms with van der Waals surface area (Å²) in [5, 5.41) is 0. The van der Waals surface area contributed by atoms with E-state index in [0.717, 1.165) is 0 Å². The van der Waals surface area contributed by atoms with Crippen molar-refractivity contribution in [3.63, 3.8) is 0 Å². The van der Waals surface area contributed by atoms with Crippen LogP contribution in [0.4, 0.5) is 0 Å². The van der Waals surface area contributed by atoms with Gasteiger partial charge in [-0.1, -0.05) is 0 Å². The molecule has 2 heterocycles. The van der Waals surface area contributed by atoms with Gasteiger partial charge >= 0.3 is 5.97 Å². The zero-order chi connectivity index (χ0) is 15.6. The standard InChI is InChI=1S/C15H22O6/c1-14(2,3)13(17)18-8-6-7(16)9-10(8)19-12-11(9)20-15(4,5)21-12/h8-12H,6H2,1-5H3/t8-,9+,10-,11-,12-/m1/s1. The second-order valence-electron chi connectivity index (χ2n) is 7.46. The molecule has 0 unspecified atom stereocenters. The lowest BCUT2D eigenvalue weighted by molar-refractivity contribution is -0.219. The van der Waals surface area contributed by atoms with E-state index in [1.165, 1.54) is 0 Å². The quantitative estimate of drug-likeness (QED) is 0.682. The molecule has 118 valence electrons. The highest BCUT2D eigenvalue weighted by molar-refractivity contribution is 5.87. The third-order valence-electron chi connectivity index (χ3n) is 4.10. The van der Waals surface area contributed by atoms with Gasteiger partial charge in [-0.3, -0.25) is 9.59 Å². The minimum atomic E-state index is -0.749. The average molecular weight is 298 g/mol. The molecule has 0 N–H and O–H groups in total. The maximum absolute atomic E-state index is 12.2. The summed E-state index contributed by atoms with van der Waals surface area (Å²) in [6.07, 6.45) is -1.79. The third-order valence-corrected chi connectivity index (χ3v) is 4.10. The van der Waals surface area contributed by atoms with Gasteiger partial charge in [-0.15, -0.1) is 0 Å². The van der Waals surface area contributed by atoms with Crippen LogP contribution < -0.4 is 0 Å². The van der Waals surface area contributed by atoms with Gasteiger partial charge in [-0.2, -0.15) is 0 Å². The van der Waals surface area contributed by atoms with Crippen LogP contribution in [0.5, 0.6) is 0 Å². The van der Waals surface area contributed by atoms with Crippen LogP contribution in [-0.2, 0) is 28.5 Å². The lowest BCUT2D eigenvalue weighted by atomic mass is 9.97. The average Bonchev–Trinajstić information content (AvgIpc) is 2.86. The van der Waals surface area contributed by atoms with E-state index in [1.54, 1.807) is 34.6 Å². The molecule has 2 saturated heterocycles. The summed E-state index contributed by atoms with van der Waals surface area (Å²) in [7, 11) is 0. The number of carbonyl (C=O) groups excluding carboxylic acids is 2. The van der Waals surface area contributed by atoms with Gasteiger partial charge in [0.05, 0.1) is 11.3 Å². The van der Waals surface area contributed by atoms with Crippen molar-refractivity contribution in [2.75, 3.05) is 0 Å². The topological polar surface area (TPSA) is 71.1 Å². The fourth-order valence-electron chi connectivity index (χ4n) is 3.09. The Morgan fingerprint density at radius 1 is 1.24 bits per heavy atom. The largest absolute Gasteiger partial charge is 0.459 e. The molecule has 3 aliphatic rings. The molecule has 0 radical (unpaired) electrons. The van der Waals surface area contributed by atoms with Gasteiger partial charge in [0.2, 0.25) is 0 Å². The molecular weight excluding hydrogens is 276 g/mol. The summed E-state index contributed by atoms with van der Waals surface area (Å²) in [4.78, 5) is 24.3. The van der Waals surface area contributed by atoms with E-state index in [4.69, 9.17) is 18.9 Å². The van der Waals surface area contributed by atoms with Crippen molar-refractivity contribution in [1.82, 2.24) is 0 Å². The number of hydrogen-bond acceptors (Lipinski definition) is 6. The van der Waals surface area contributed by atoms with Crippen LogP contribution in [0.2, 0.25) is 0 Å². The highest BCUT2D eigenvalue weighted by Gasteiger charge is 2.63. The third kappa shape index (κ3) is 2.49. The summed E-state index contributed by atoms with van der Waals surface area (Å²) in [6, 6.07) is 0. The van der Waals surface area contributed by atoms with Crippen molar-refractivity contribution in [2.24, 2.45) is 11.3 Å². The summed E-state index contributed by atoms with van der Waals surface area (Å²) in [5.41, 5.74) is -0.607. The van der Waals surface area contributed by atoms with Crippen LogP contribution in [0.25, 0.3) is 0 Å². The van der Waals surface area contributed by atoms with Crippen LogP contribution in [-0.4, -0.2) is 42.1 Å². The Kier molecular flexibility index (Phi) is 3.21. The number of rotatable bonds is 1. The highest BCUT2D eigenvalue weighted by Crippen LogP contribution is 2.46. The van der Waals surface area contributed by atoms with Crippen molar-refractivity contribution in [2.45, 2.75) is 71.4 Å². The second kappa shape index (κ2) is 4.51. The first kappa shape index (κ1) is 14.9. The van der Waals surface area contributed by atoms with Crippen molar-refractivity contribution < 1.29 is 28.5 Å². The molecule has 0 spiro atoms. The Labute approximate surface area is 124 Å². The molecule has 6 nitrogen and oxygen atoms in total. The van der Waals surface area contributed by atoms with E-state index in [9.17, 15) is 9.59 Å².